The Hall–Kier alpha value is -1.61. The molecule has 0 bridgehead atoms. The molecule has 0 unspecified atom stereocenters. The van der Waals surface area contributed by atoms with Crippen LogP contribution >= 0.6 is 0 Å². The maximum absolute atomic E-state index is 12.6. The fraction of sp³-hybridized carbons (Fsp3) is 0.636. The zero-order valence-electron chi connectivity index (χ0n) is 10.6. The third-order valence-corrected chi connectivity index (χ3v) is 2.91. The summed E-state index contributed by atoms with van der Waals surface area (Å²) in [6.45, 7) is 1.57. The van der Waals surface area contributed by atoms with Crippen molar-refractivity contribution in [3.05, 3.63) is 11.9 Å². The van der Waals surface area contributed by atoms with Crippen LogP contribution in [0.5, 0.6) is 5.88 Å². The third-order valence-electron chi connectivity index (χ3n) is 2.91. The average Bonchev–Trinajstić information content (AvgIpc) is 2.45. The van der Waals surface area contributed by atoms with Gasteiger partial charge in [0.25, 0.3) is 0 Å². The number of nitrogens with two attached hydrogens (primary N) is 1. The number of aromatic nitrogens is 2. The van der Waals surface area contributed by atoms with Crippen molar-refractivity contribution in [3.8, 4) is 5.88 Å². The quantitative estimate of drug-likeness (QED) is 0.648. The number of anilines is 1. The first-order valence-corrected chi connectivity index (χ1v) is 6.12. The summed E-state index contributed by atoms with van der Waals surface area (Å²) in [6, 6.07) is 1.23. The molecule has 9 heteroatoms. The number of ether oxygens (including phenoxy) is 2. The van der Waals surface area contributed by atoms with Gasteiger partial charge in [-0.1, -0.05) is 0 Å². The van der Waals surface area contributed by atoms with E-state index in [1.54, 1.807) is 0 Å². The number of hydrogen-bond acceptors (Lipinski definition) is 6. The number of hydrazine groups is 1. The van der Waals surface area contributed by atoms with Crippen molar-refractivity contribution in [3.63, 3.8) is 0 Å². The molecule has 0 atom stereocenters. The Labute approximate surface area is 113 Å². The van der Waals surface area contributed by atoms with Crippen molar-refractivity contribution in [1.29, 1.82) is 0 Å². The molecule has 2 rings (SSSR count). The Morgan fingerprint density at radius 1 is 1.35 bits per heavy atom. The van der Waals surface area contributed by atoms with Gasteiger partial charge in [-0.15, -0.1) is 0 Å². The maximum atomic E-state index is 12.6. The SMILES string of the molecule is NNc1cc(OCC2CCOCC2)nc(C(F)(F)F)n1. The van der Waals surface area contributed by atoms with Crippen molar-refractivity contribution in [1.82, 2.24) is 9.97 Å². The molecule has 1 saturated heterocycles. The van der Waals surface area contributed by atoms with Gasteiger partial charge in [-0.2, -0.15) is 18.2 Å². The Balaban J connectivity index is 2.06. The van der Waals surface area contributed by atoms with E-state index in [0.717, 1.165) is 12.8 Å². The number of nitrogen functional groups attached to an aromatic ring is 1. The molecule has 0 aliphatic carbocycles. The van der Waals surface area contributed by atoms with Gasteiger partial charge in [0.1, 0.15) is 5.82 Å². The lowest BCUT2D eigenvalue weighted by Crippen LogP contribution is -2.22. The molecule has 0 amide bonds. The van der Waals surface area contributed by atoms with Gasteiger partial charge < -0.3 is 14.9 Å². The van der Waals surface area contributed by atoms with Crippen LogP contribution in [0.25, 0.3) is 0 Å². The molecule has 1 aromatic heterocycles. The summed E-state index contributed by atoms with van der Waals surface area (Å²) in [5.74, 6) is 3.77. The highest BCUT2D eigenvalue weighted by molar-refractivity contribution is 5.37. The molecule has 0 aromatic carbocycles. The number of alkyl halides is 3. The smallest absolute Gasteiger partial charge is 0.451 e. The summed E-state index contributed by atoms with van der Waals surface area (Å²) < 4.78 is 48.4. The lowest BCUT2D eigenvalue weighted by atomic mass is 10.0. The first-order chi connectivity index (χ1) is 9.49. The zero-order chi connectivity index (χ0) is 14.6. The van der Waals surface area contributed by atoms with Crippen LogP contribution in [0.15, 0.2) is 6.07 Å². The predicted octanol–water partition coefficient (Wildman–Crippen LogP) is 1.59. The van der Waals surface area contributed by atoms with Crippen molar-refractivity contribution in [2.24, 2.45) is 11.8 Å². The summed E-state index contributed by atoms with van der Waals surface area (Å²) in [5, 5.41) is 0. The topological polar surface area (TPSA) is 82.3 Å². The van der Waals surface area contributed by atoms with E-state index in [4.69, 9.17) is 15.3 Å². The van der Waals surface area contributed by atoms with Crippen LogP contribution in [0.3, 0.4) is 0 Å². The zero-order valence-corrected chi connectivity index (χ0v) is 10.6. The van der Waals surface area contributed by atoms with Crippen LogP contribution in [0.1, 0.15) is 18.7 Å². The fourth-order valence-corrected chi connectivity index (χ4v) is 1.82. The lowest BCUT2D eigenvalue weighted by Gasteiger charge is -2.22. The third kappa shape index (κ3) is 3.94. The molecule has 0 saturated carbocycles. The van der Waals surface area contributed by atoms with Gasteiger partial charge in [0.05, 0.1) is 6.61 Å². The van der Waals surface area contributed by atoms with Crippen molar-refractivity contribution >= 4 is 5.82 Å². The minimum atomic E-state index is -4.65. The predicted molar refractivity (Wildman–Crippen MR) is 63.9 cm³/mol. The minimum absolute atomic E-state index is 0.144. The van der Waals surface area contributed by atoms with E-state index >= 15 is 0 Å². The van der Waals surface area contributed by atoms with Crippen molar-refractivity contribution in [2.75, 3.05) is 25.2 Å². The van der Waals surface area contributed by atoms with E-state index in [1.807, 2.05) is 0 Å². The lowest BCUT2D eigenvalue weighted by molar-refractivity contribution is -0.145. The van der Waals surface area contributed by atoms with Crippen LogP contribution in [-0.2, 0) is 10.9 Å². The molecular formula is C11H15F3N4O2. The average molecular weight is 292 g/mol. The summed E-state index contributed by atoms with van der Waals surface area (Å²) in [7, 11) is 0. The highest BCUT2D eigenvalue weighted by Crippen LogP contribution is 2.29. The summed E-state index contributed by atoms with van der Waals surface area (Å²) in [4.78, 5) is 6.60. The Morgan fingerprint density at radius 2 is 2.05 bits per heavy atom. The van der Waals surface area contributed by atoms with Crippen LogP contribution in [0.2, 0.25) is 0 Å². The molecule has 112 valence electrons. The van der Waals surface area contributed by atoms with Gasteiger partial charge in [-0.05, 0) is 18.8 Å². The molecule has 3 N–H and O–H groups in total. The van der Waals surface area contributed by atoms with Gasteiger partial charge in [0.2, 0.25) is 11.7 Å². The van der Waals surface area contributed by atoms with Crippen LogP contribution in [0, 0.1) is 5.92 Å². The number of rotatable bonds is 4. The number of hydrogen-bond donors (Lipinski definition) is 2. The van der Waals surface area contributed by atoms with Gasteiger partial charge in [-0.3, -0.25) is 0 Å². The van der Waals surface area contributed by atoms with Crippen LogP contribution in [-0.4, -0.2) is 29.8 Å². The molecular weight excluding hydrogens is 277 g/mol. The van der Waals surface area contributed by atoms with Crippen molar-refractivity contribution < 1.29 is 22.6 Å². The molecule has 1 aromatic rings. The second kappa shape index (κ2) is 6.23. The molecule has 2 heterocycles. The largest absolute Gasteiger partial charge is 0.477 e. The molecule has 20 heavy (non-hydrogen) atoms. The highest BCUT2D eigenvalue weighted by Gasteiger charge is 2.35. The van der Waals surface area contributed by atoms with Gasteiger partial charge >= 0.3 is 6.18 Å². The number of halogens is 3. The molecule has 1 fully saturated rings. The van der Waals surface area contributed by atoms with Gasteiger partial charge in [0.15, 0.2) is 0 Å². The van der Waals surface area contributed by atoms with E-state index in [-0.39, 0.29) is 17.6 Å². The fourth-order valence-electron chi connectivity index (χ4n) is 1.82. The van der Waals surface area contributed by atoms with Crippen LogP contribution in [0.4, 0.5) is 19.0 Å². The van der Waals surface area contributed by atoms with E-state index < -0.39 is 12.0 Å². The molecule has 1 aliphatic heterocycles. The summed E-state index contributed by atoms with van der Waals surface area (Å²) >= 11 is 0. The molecule has 6 nitrogen and oxygen atoms in total. The number of nitrogens with one attached hydrogen (secondary N) is 1. The van der Waals surface area contributed by atoms with E-state index in [2.05, 4.69) is 15.4 Å². The monoisotopic (exact) mass is 292 g/mol. The van der Waals surface area contributed by atoms with Gasteiger partial charge in [0, 0.05) is 19.3 Å². The standard InChI is InChI=1S/C11H15F3N4O2/c12-11(13,14)10-16-8(18-15)5-9(17-10)20-6-7-1-3-19-4-2-7/h5,7H,1-4,6,15H2,(H,16,17,18). The molecule has 0 spiro atoms. The van der Waals surface area contributed by atoms with Gasteiger partial charge in [-0.25, -0.2) is 10.8 Å². The van der Waals surface area contributed by atoms with Crippen LogP contribution < -0.4 is 16.0 Å². The second-order valence-corrected chi connectivity index (χ2v) is 4.42. The maximum Gasteiger partial charge on any atom is 0.451 e. The first kappa shape index (κ1) is 14.8. The van der Waals surface area contributed by atoms with E-state index in [1.165, 1.54) is 6.07 Å². The summed E-state index contributed by atoms with van der Waals surface area (Å²) in [6.07, 6.45) is -3.01. The Kier molecular flexibility index (Phi) is 4.61. The Morgan fingerprint density at radius 3 is 2.65 bits per heavy atom. The second-order valence-electron chi connectivity index (χ2n) is 4.42. The van der Waals surface area contributed by atoms with E-state index in [0.29, 0.717) is 19.8 Å². The van der Waals surface area contributed by atoms with Crippen molar-refractivity contribution in [2.45, 2.75) is 19.0 Å². The molecule has 0 radical (unpaired) electrons. The normalized spacial score (nSPS) is 17.0. The first-order valence-electron chi connectivity index (χ1n) is 6.12. The molecule has 1 aliphatic rings. The summed E-state index contributed by atoms with van der Waals surface area (Å²) in [5.41, 5.74) is 2.07. The Bertz CT molecular complexity index is 450. The highest BCUT2D eigenvalue weighted by atomic mass is 19.4. The van der Waals surface area contributed by atoms with E-state index in [9.17, 15) is 13.2 Å². The minimum Gasteiger partial charge on any atom is -0.477 e. The number of nitrogens with zero attached hydrogens (tertiary/aromatic N) is 2.